The quantitative estimate of drug-likeness (QED) is 0.853. The number of nitrogens with zero attached hydrogens (tertiary/aromatic N) is 1. The first-order valence-corrected chi connectivity index (χ1v) is 5.38. The Morgan fingerprint density at radius 2 is 2.06 bits per heavy atom. The lowest BCUT2D eigenvalue weighted by Crippen LogP contribution is -2.08. The van der Waals surface area contributed by atoms with E-state index in [-0.39, 0.29) is 11.9 Å². The van der Waals surface area contributed by atoms with Crippen LogP contribution in [0.1, 0.15) is 18.5 Å². The third kappa shape index (κ3) is 2.72. The second-order valence-electron chi connectivity index (χ2n) is 3.89. The molecule has 0 amide bonds. The Morgan fingerprint density at radius 3 is 2.76 bits per heavy atom. The molecule has 0 bridgehead atoms. The number of aromatic nitrogens is 1. The van der Waals surface area contributed by atoms with Crippen molar-refractivity contribution in [2.75, 3.05) is 11.1 Å². The van der Waals surface area contributed by atoms with E-state index in [0.29, 0.717) is 11.3 Å². The molecule has 1 unspecified atom stereocenters. The van der Waals surface area contributed by atoms with Gasteiger partial charge in [0.1, 0.15) is 5.82 Å². The Bertz CT molecular complexity index is 514. The molecule has 0 aliphatic carbocycles. The average Bonchev–Trinajstić information content (AvgIpc) is 2.29. The van der Waals surface area contributed by atoms with Crippen LogP contribution in [0.4, 0.5) is 15.8 Å². The Balaban J connectivity index is 2.17. The van der Waals surface area contributed by atoms with Gasteiger partial charge in [0.2, 0.25) is 0 Å². The molecule has 3 nitrogen and oxygen atoms in total. The van der Waals surface area contributed by atoms with Crippen LogP contribution in [0.15, 0.2) is 42.7 Å². The maximum Gasteiger partial charge on any atom is 0.128 e. The van der Waals surface area contributed by atoms with E-state index in [9.17, 15) is 4.39 Å². The Kier molecular flexibility index (Phi) is 3.23. The van der Waals surface area contributed by atoms with Crippen molar-refractivity contribution in [3.8, 4) is 0 Å². The van der Waals surface area contributed by atoms with E-state index in [0.717, 1.165) is 5.69 Å². The van der Waals surface area contributed by atoms with E-state index < -0.39 is 0 Å². The van der Waals surface area contributed by atoms with Crippen molar-refractivity contribution in [2.24, 2.45) is 0 Å². The summed E-state index contributed by atoms with van der Waals surface area (Å²) in [4.78, 5) is 3.97. The molecule has 2 rings (SSSR count). The zero-order valence-electron chi connectivity index (χ0n) is 9.52. The first-order chi connectivity index (χ1) is 8.16. The molecule has 0 radical (unpaired) electrons. The molecule has 0 saturated carbocycles. The number of hydrogen-bond acceptors (Lipinski definition) is 3. The third-order valence-corrected chi connectivity index (χ3v) is 2.51. The molecular formula is C13H14FN3. The van der Waals surface area contributed by atoms with Gasteiger partial charge in [-0.25, -0.2) is 4.39 Å². The monoisotopic (exact) mass is 231 g/mol. The summed E-state index contributed by atoms with van der Waals surface area (Å²) in [7, 11) is 0. The Morgan fingerprint density at radius 1 is 1.29 bits per heavy atom. The highest BCUT2D eigenvalue weighted by molar-refractivity contribution is 5.52. The zero-order valence-corrected chi connectivity index (χ0v) is 9.52. The van der Waals surface area contributed by atoms with Crippen molar-refractivity contribution in [3.05, 3.63) is 54.1 Å². The normalized spacial score (nSPS) is 12.1. The van der Waals surface area contributed by atoms with E-state index in [1.807, 2.05) is 13.0 Å². The average molecular weight is 231 g/mol. The van der Waals surface area contributed by atoms with Crippen LogP contribution in [-0.2, 0) is 0 Å². The number of pyridine rings is 1. The van der Waals surface area contributed by atoms with Gasteiger partial charge in [0, 0.05) is 11.8 Å². The minimum atomic E-state index is -0.218. The van der Waals surface area contributed by atoms with Gasteiger partial charge in [-0.1, -0.05) is 18.2 Å². The predicted octanol–water partition coefficient (Wildman–Crippen LogP) is 2.98. The maximum atomic E-state index is 13.5. The molecule has 4 heteroatoms. The predicted molar refractivity (Wildman–Crippen MR) is 67.1 cm³/mol. The lowest BCUT2D eigenvalue weighted by Gasteiger charge is -2.16. The highest BCUT2D eigenvalue weighted by atomic mass is 19.1. The van der Waals surface area contributed by atoms with E-state index in [2.05, 4.69) is 10.3 Å². The number of nitrogen functional groups attached to an aromatic ring is 1. The molecule has 88 valence electrons. The van der Waals surface area contributed by atoms with E-state index in [1.54, 1.807) is 30.6 Å². The van der Waals surface area contributed by atoms with Gasteiger partial charge in [-0.3, -0.25) is 4.98 Å². The molecule has 0 aliphatic rings. The summed E-state index contributed by atoms with van der Waals surface area (Å²) >= 11 is 0. The van der Waals surface area contributed by atoms with Gasteiger partial charge in [-0.2, -0.15) is 0 Å². The van der Waals surface area contributed by atoms with Crippen molar-refractivity contribution in [1.29, 1.82) is 0 Å². The van der Waals surface area contributed by atoms with Crippen molar-refractivity contribution >= 4 is 11.4 Å². The molecule has 0 spiro atoms. The second-order valence-corrected chi connectivity index (χ2v) is 3.89. The zero-order chi connectivity index (χ0) is 12.3. The lowest BCUT2D eigenvalue weighted by molar-refractivity contribution is 0.600. The smallest absolute Gasteiger partial charge is 0.128 e. The number of rotatable bonds is 3. The van der Waals surface area contributed by atoms with E-state index in [4.69, 9.17) is 5.73 Å². The van der Waals surface area contributed by atoms with Gasteiger partial charge in [-0.15, -0.1) is 0 Å². The van der Waals surface area contributed by atoms with Gasteiger partial charge in [0.25, 0.3) is 0 Å². The van der Waals surface area contributed by atoms with Gasteiger partial charge in [0.05, 0.1) is 23.6 Å². The molecule has 2 aromatic rings. The van der Waals surface area contributed by atoms with Crippen LogP contribution >= 0.6 is 0 Å². The highest BCUT2D eigenvalue weighted by Crippen LogP contribution is 2.21. The van der Waals surface area contributed by atoms with Crippen molar-refractivity contribution < 1.29 is 4.39 Å². The third-order valence-electron chi connectivity index (χ3n) is 2.51. The van der Waals surface area contributed by atoms with Crippen molar-refractivity contribution in [3.63, 3.8) is 0 Å². The minimum Gasteiger partial charge on any atom is -0.397 e. The van der Waals surface area contributed by atoms with Gasteiger partial charge >= 0.3 is 0 Å². The first-order valence-electron chi connectivity index (χ1n) is 5.38. The molecule has 3 N–H and O–H groups in total. The van der Waals surface area contributed by atoms with Crippen LogP contribution in [0.25, 0.3) is 0 Å². The Hall–Kier alpha value is -2.10. The fourth-order valence-electron chi connectivity index (χ4n) is 1.69. The van der Waals surface area contributed by atoms with Gasteiger partial charge in [0.15, 0.2) is 0 Å². The molecule has 1 aromatic carbocycles. The lowest BCUT2D eigenvalue weighted by atomic mass is 10.1. The number of hydrogen-bond donors (Lipinski definition) is 2. The van der Waals surface area contributed by atoms with Crippen LogP contribution in [0, 0.1) is 5.82 Å². The number of anilines is 2. The fourth-order valence-corrected chi connectivity index (χ4v) is 1.69. The molecule has 0 saturated heterocycles. The summed E-state index contributed by atoms with van der Waals surface area (Å²) in [6.45, 7) is 1.89. The maximum absolute atomic E-state index is 13.5. The highest BCUT2D eigenvalue weighted by Gasteiger charge is 2.09. The SMILES string of the molecule is CC(Nc1cncc(N)c1)c1ccccc1F. The van der Waals surface area contributed by atoms with Crippen LogP contribution < -0.4 is 11.1 Å². The topological polar surface area (TPSA) is 50.9 Å². The summed E-state index contributed by atoms with van der Waals surface area (Å²) < 4.78 is 13.5. The second kappa shape index (κ2) is 4.82. The molecule has 17 heavy (non-hydrogen) atoms. The number of benzene rings is 1. The summed E-state index contributed by atoms with van der Waals surface area (Å²) in [5, 5.41) is 3.16. The van der Waals surface area contributed by atoms with Crippen LogP contribution in [-0.4, -0.2) is 4.98 Å². The van der Waals surface area contributed by atoms with Gasteiger partial charge in [-0.05, 0) is 19.1 Å². The summed E-state index contributed by atoms with van der Waals surface area (Å²) in [6.07, 6.45) is 3.23. The van der Waals surface area contributed by atoms with Crippen LogP contribution in [0.2, 0.25) is 0 Å². The van der Waals surface area contributed by atoms with Crippen LogP contribution in [0.3, 0.4) is 0 Å². The largest absolute Gasteiger partial charge is 0.397 e. The van der Waals surface area contributed by atoms with Crippen LogP contribution in [0.5, 0.6) is 0 Å². The number of nitrogens with one attached hydrogen (secondary N) is 1. The minimum absolute atomic E-state index is 0.139. The van der Waals surface area contributed by atoms with Crippen molar-refractivity contribution in [2.45, 2.75) is 13.0 Å². The Labute approximate surface area is 99.5 Å². The molecule has 0 aliphatic heterocycles. The molecule has 0 fully saturated rings. The molecule has 1 atom stereocenters. The van der Waals surface area contributed by atoms with E-state index in [1.165, 1.54) is 6.07 Å². The number of nitrogens with two attached hydrogens (primary N) is 1. The summed E-state index contributed by atoms with van der Waals surface area (Å²) in [6, 6.07) is 8.32. The van der Waals surface area contributed by atoms with Crippen molar-refractivity contribution in [1.82, 2.24) is 4.98 Å². The standard InChI is InChI=1S/C13H14FN3/c1-9(12-4-2-3-5-13(12)14)17-11-6-10(15)7-16-8-11/h2-9,17H,15H2,1H3. The van der Waals surface area contributed by atoms with E-state index >= 15 is 0 Å². The van der Waals surface area contributed by atoms with Gasteiger partial charge < -0.3 is 11.1 Å². The molecule has 1 heterocycles. The first kappa shape index (κ1) is 11.4. The summed E-state index contributed by atoms with van der Waals surface area (Å²) in [5.41, 5.74) is 7.60. The molecule has 1 aromatic heterocycles. The fraction of sp³-hybridized carbons (Fsp3) is 0.154. The molecular weight excluding hydrogens is 217 g/mol. The summed E-state index contributed by atoms with van der Waals surface area (Å²) in [5.74, 6) is -0.218. The number of halogens is 1.